The fraction of sp³-hybridized carbons (Fsp3) is 0.353. The van der Waals surface area contributed by atoms with Gasteiger partial charge in [-0.2, -0.15) is 0 Å². The highest BCUT2D eigenvalue weighted by Gasteiger charge is 2.19. The summed E-state index contributed by atoms with van der Waals surface area (Å²) in [6, 6.07) is 11.6. The molecule has 0 saturated carbocycles. The zero-order chi connectivity index (χ0) is 14.0. The molecule has 0 spiro atoms. The first kappa shape index (κ1) is 13.6. The Labute approximate surface area is 114 Å². The Balaban J connectivity index is 2.53. The largest absolute Gasteiger partial charge is 0.496 e. The van der Waals surface area contributed by atoms with Crippen molar-refractivity contribution in [3.8, 4) is 5.75 Å². The topological polar surface area (TPSA) is 26.3 Å². The number of rotatable bonds is 3. The van der Waals surface area contributed by atoms with Crippen LogP contribution in [0, 0.1) is 5.41 Å². The van der Waals surface area contributed by atoms with E-state index >= 15 is 0 Å². The Morgan fingerprint density at radius 1 is 1.05 bits per heavy atom. The first-order valence-corrected chi connectivity index (χ1v) is 6.51. The molecule has 0 aliphatic carbocycles. The lowest BCUT2D eigenvalue weighted by Crippen LogP contribution is -2.13. The van der Waals surface area contributed by atoms with E-state index in [-0.39, 0.29) is 11.2 Å². The number of methoxy groups -OCH3 is 1. The van der Waals surface area contributed by atoms with Gasteiger partial charge in [0.05, 0.1) is 7.11 Å². The fourth-order valence-corrected chi connectivity index (χ4v) is 2.27. The van der Waals surface area contributed by atoms with Crippen LogP contribution in [0.15, 0.2) is 36.4 Å². The van der Waals surface area contributed by atoms with Gasteiger partial charge in [-0.15, -0.1) is 0 Å². The van der Waals surface area contributed by atoms with Crippen molar-refractivity contribution in [2.24, 2.45) is 5.41 Å². The zero-order valence-corrected chi connectivity index (χ0v) is 12.0. The summed E-state index contributed by atoms with van der Waals surface area (Å²) in [5.74, 6) is 0.995. The van der Waals surface area contributed by atoms with Gasteiger partial charge < -0.3 is 4.74 Å². The quantitative estimate of drug-likeness (QED) is 0.757. The lowest BCUT2D eigenvalue weighted by Gasteiger charge is -2.18. The number of hydrogen-bond acceptors (Lipinski definition) is 2. The fourth-order valence-electron chi connectivity index (χ4n) is 2.27. The summed E-state index contributed by atoms with van der Waals surface area (Å²) in [7, 11) is 1.65. The molecule has 0 atom stereocenters. The van der Waals surface area contributed by atoms with Crippen LogP contribution in [0.2, 0.25) is 0 Å². The van der Waals surface area contributed by atoms with Gasteiger partial charge in [0.2, 0.25) is 0 Å². The Kier molecular flexibility index (Phi) is 3.61. The van der Waals surface area contributed by atoms with Gasteiger partial charge in [-0.3, -0.25) is 4.79 Å². The third-order valence-electron chi connectivity index (χ3n) is 3.10. The maximum absolute atomic E-state index is 12.4. The summed E-state index contributed by atoms with van der Waals surface area (Å²) in [5.41, 5.74) is 0.782. The molecule has 2 nitrogen and oxygen atoms in total. The number of ether oxygens (including phenoxy) is 1. The highest BCUT2D eigenvalue weighted by atomic mass is 16.5. The molecule has 0 heterocycles. The number of ketones is 1. The molecular weight excluding hydrogens is 236 g/mol. The van der Waals surface area contributed by atoms with Crippen molar-refractivity contribution in [3.63, 3.8) is 0 Å². The Hall–Kier alpha value is -1.83. The van der Waals surface area contributed by atoms with Crippen LogP contribution in [0.5, 0.6) is 5.75 Å². The second-order valence-corrected chi connectivity index (χ2v) is 6.02. The van der Waals surface area contributed by atoms with Gasteiger partial charge in [-0.1, -0.05) is 45.0 Å². The van der Waals surface area contributed by atoms with Crippen LogP contribution in [0.1, 0.15) is 37.6 Å². The minimum Gasteiger partial charge on any atom is -0.496 e. The molecule has 0 aliphatic heterocycles. The molecule has 0 aliphatic rings. The first-order chi connectivity index (χ1) is 8.92. The van der Waals surface area contributed by atoms with Crippen LogP contribution in [0.4, 0.5) is 0 Å². The van der Waals surface area contributed by atoms with E-state index in [9.17, 15) is 4.79 Å². The SMILES string of the molecule is COc1ccc(C(=O)CC(C)(C)C)c2ccccc12. The zero-order valence-electron chi connectivity index (χ0n) is 12.0. The number of carbonyl (C=O) groups excluding carboxylic acids is 1. The smallest absolute Gasteiger partial charge is 0.164 e. The summed E-state index contributed by atoms with van der Waals surface area (Å²) < 4.78 is 5.35. The number of hydrogen-bond donors (Lipinski definition) is 0. The number of benzene rings is 2. The molecule has 0 aromatic heterocycles. The molecule has 0 N–H and O–H groups in total. The molecule has 0 unspecified atom stereocenters. The van der Waals surface area contributed by atoms with Gasteiger partial charge in [-0.25, -0.2) is 0 Å². The van der Waals surface area contributed by atoms with Crippen LogP contribution in [0.3, 0.4) is 0 Å². The third kappa shape index (κ3) is 2.95. The van der Waals surface area contributed by atoms with E-state index in [4.69, 9.17) is 4.74 Å². The average Bonchev–Trinajstić information content (AvgIpc) is 2.35. The highest BCUT2D eigenvalue weighted by Crippen LogP contribution is 2.31. The van der Waals surface area contributed by atoms with Crippen molar-refractivity contribution in [1.82, 2.24) is 0 Å². The molecule has 0 saturated heterocycles. The van der Waals surface area contributed by atoms with Gasteiger partial charge in [0.15, 0.2) is 5.78 Å². The highest BCUT2D eigenvalue weighted by molar-refractivity contribution is 6.09. The monoisotopic (exact) mass is 256 g/mol. The van der Waals surface area contributed by atoms with Crippen molar-refractivity contribution in [2.45, 2.75) is 27.2 Å². The molecule has 100 valence electrons. The molecule has 19 heavy (non-hydrogen) atoms. The minimum absolute atomic E-state index is 0.00187. The molecule has 2 aromatic rings. The average molecular weight is 256 g/mol. The van der Waals surface area contributed by atoms with E-state index in [0.717, 1.165) is 22.1 Å². The molecule has 2 heteroatoms. The standard InChI is InChI=1S/C17H20O2/c1-17(2,3)11-15(18)13-9-10-16(19-4)14-8-6-5-7-12(13)14/h5-10H,11H2,1-4H3. The molecule has 0 fully saturated rings. The first-order valence-electron chi connectivity index (χ1n) is 6.51. The van der Waals surface area contributed by atoms with Gasteiger partial charge >= 0.3 is 0 Å². The summed E-state index contributed by atoms with van der Waals surface area (Å²) in [5, 5.41) is 1.96. The third-order valence-corrected chi connectivity index (χ3v) is 3.10. The maximum Gasteiger partial charge on any atom is 0.164 e. The Bertz CT molecular complexity index is 606. The van der Waals surface area contributed by atoms with Crippen LogP contribution >= 0.6 is 0 Å². The van der Waals surface area contributed by atoms with Crippen molar-refractivity contribution >= 4 is 16.6 Å². The molecule has 0 amide bonds. The van der Waals surface area contributed by atoms with Crippen molar-refractivity contribution in [3.05, 3.63) is 42.0 Å². The number of fused-ring (bicyclic) bond motifs is 1. The van der Waals surface area contributed by atoms with E-state index in [1.807, 2.05) is 36.4 Å². The molecular formula is C17H20O2. The number of carbonyl (C=O) groups is 1. The molecule has 0 radical (unpaired) electrons. The van der Waals surface area contributed by atoms with Gasteiger partial charge in [-0.05, 0) is 22.9 Å². The lowest BCUT2D eigenvalue weighted by atomic mass is 9.86. The van der Waals surface area contributed by atoms with E-state index < -0.39 is 0 Å². The number of Topliss-reactive ketones (excluding diaryl/α,β-unsaturated/α-hetero) is 1. The van der Waals surface area contributed by atoms with E-state index in [2.05, 4.69) is 20.8 Å². The second-order valence-electron chi connectivity index (χ2n) is 6.02. The summed E-state index contributed by atoms with van der Waals surface area (Å²) in [4.78, 5) is 12.4. The van der Waals surface area contributed by atoms with Crippen molar-refractivity contribution in [2.75, 3.05) is 7.11 Å². The van der Waals surface area contributed by atoms with Crippen molar-refractivity contribution in [1.29, 1.82) is 0 Å². The lowest BCUT2D eigenvalue weighted by molar-refractivity contribution is 0.0941. The van der Waals surface area contributed by atoms with Gasteiger partial charge in [0.1, 0.15) is 5.75 Å². The molecule has 2 rings (SSSR count). The van der Waals surface area contributed by atoms with Crippen molar-refractivity contribution < 1.29 is 9.53 Å². The van der Waals surface area contributed by atoms with Gasteiger partial charge in [0.25, 0.3) is 0 Å². The maximum atomic E-state index is 12.4. The van der Waals surface area contributed by atoms with Crippen LogP contribution in [0.25, 0.3) is 10.8 Å². The molecule has 0 bridgehead atoms. The van der Waals surface area contributed by atoms with Crippen LogP contribution < -0.4 is 4.74 Å². The predicted octanol–water partition coefficient (Wildman–Crippen LogP) is 4.47. The van der Waals surface area contributed by atoms with E-state index in [0.29, 0.717) is 6.42 Å². The molecule has 2 aromatic carbocycles. The van der Waals surface area contributed by atoms with E-state index in [1.165, 1.54) is 0 Å². The van der Waals surface area contributed by atoms with Gasteiger partial charge in [0, 0.05) is 17.4 Å². The summed E-state index contributed by atoms with van der Waals surface area (Å²) >= 11 is 0. The van der Waals surface area contributed by atoms with Crippen LogP contribution in [-0.2, 0) is 0 Å². The normalized spacial score (nSPS) is 11.6. The second kappa shape index (κ2) is 5.04. The van der Waals surface area contributed by atoms with Crippen LogP contribution in [-0.4, -0.2) is 12.9 Å². The summed E-state index contributed by atoms with van der Waals surface area (Å²) in [6.45, 7) is 6.24. The predicted molar refractivity (Wildman–Crippen MR) is 78.9 cm³/mol. The Morgan fingerprint density at radius 2 is 1.68 bits per heavy atom. The Morgan fingerprint density at radius 3 is 2.26 bits per heavy atom. The summed E-state index contributed by atoms with van der Waals surface area (Å²) in [6.07, 6.45) is 0.545. The minimum atomic E-state index is -0.00187. The van der Waals surface area contributed by atoms with E-state index in [1.54, 1.807) is 7.11 Å².